The summed E-state index contributed by atoms with van der Waals surface area (Å²) >= 11 is 1.25. The molecule has 5 nitrogen and oxygen atoms in total. The molecule has 0 saturated carbocycles. The molecule has 15 heavy (non-hydrogen) atoms. The minimum atomic E-state index is -3.58. The predicted molar refractivity (Wildman–Crippen MR) is 61.5 cm³/mol. The highest BCUT2D eigenvalue weighted by atomic mass is 35.7. The van der Waals surface area contributed by atoms with E-state index in [1.165, 1.54) is 18.4 Å². The summed E-state index contributed by atoms with van der Waals surface area (Å²) in [6.45, 7) is 0. The van der Waals surface area contributed by atoms with Crippen molar-refractivity contribution < 1.29 is 13.2 Å². The lowest BCUT2D eigenvalue weighted by Crippen LogP contribution is -2.07. The van der Waals surface area contributed by atoms with Crippen molar-refractivity contribution in [1.29, 1.82) is 0 Å². The molecular weight excluding hydrogens is 260 g/mol. The summed E-state index contributed by atoms with van der Waals surface area (Å²) in [6, 6.07) is 0. The molecule has 86 valence electrons. The topological polar surface area (TPSA) is 59.5 Å². The van der Waals surface area contributed by atoms with Crippen LogP contribution in [0.2, 0.25) is 0 Å². The molecule has 0 aliphatic carbocycles. The fourth-order valence-corrected chi connectivity index (χ4v) is 3.33. The lowest BCUT2D eigenvalue weighted by atomic mass is 10.6. The largest absolute Gasteiger partial charge is 0.480 e. The van der Waals surface area contributed by atoms with Crippen LogP contribution < -0.4 is 9.64 Å². The molecule has 0 bridgehead atoms. The Morgan fingerprint density at radius 2 is 2.13 bits per heavy atom. The van der Waals surface area contributed by atoms with Gasteiger partial charge in [-0.05, 0) is 0 Å². The molecule has 0 atom stereocenters. The fraction of sp³-hybridized carbons (Fsp3) is 0.571. The van der Waals surface area contributed by atoms with Crippen molar-refractivity contribution in [3.05, 3.63) is 4.88 Å². The second-order valence-corrected chi connectivity index (χ2v) is 6.85. The van der Waals surface area contributed by atoms with E-state index in [1.54, 1.807) is 4.90 Å². The summed E-state index contributed by atoms with van der Waals surface area (Å²) in [5.74, 6) is 0.0522. The van der Waals surface area contributed by atoms with Crippen molar-refractivity contribution in [2.75, 3.05) is 26.1 Å². The Labute approximate surface area is 97.1 Å². The Hall–Kier alpha value is -0.530. The highest BCUT2D eigenvalue weighted by Crippen LogP contribution is 2.32. The summed E-state index contributed by atoms with van der Waals surface area (Å²) < 4.78 is 26.8. The molecule has 0 fully saturated rings. The highest BCUT2D eigenvalue weighted by Gasteiger charge is 2.18. The summed E-state index contributed by atoms with van der Waals surface area (Å²) in [5.41, 5.74) is 0. The Morgan fingerprint density at radius 3 is 2.53 bits per heavy atom. The molecule has 1 rings (SSSR count). The number of methoxy groups -OCH3 is 1. The van der Waals surface area contributed by atoms with E-state index in [0.717, 1.165) is 0 Å². The minimum Gasteiger partial charge on any atom is -0.480 e. The van der Waals surface area contributed by atoms with Crippen LogP contribution >= 0.6 is 22.0 Å². The maximum atomic E-state index is 10.9. The van der Waals surface area contributed by atoms with Gasteiger partial charge in [-0.15, -0.1) is 0 Å². The molecule has 0 unspecified atom stereocenters. The van der Waals surface area contributed by atoms with Crippen LogP contribution in [0, 0.1) is 0 Å². The van der Waals surface area contributed by atoms with Crippen molar-refractivity contribution in [2.45, 2.75) is 5.75 Å². The van der Waals surface area contributed by atoms with Gasteiger partial charge in [0.2, 0.25) is 14.9 Å². The van der Waals surface area contributed by atoms with E-state index in [0.29, 0.717) is 15.9 Å². The summed E-state index contributed by atoms with van der Waals surface area (Å²) in [7, 11) is 6.67. The van der Waals surface area contributed by atoms with E-state index in [4.69, 9.17) is 15.4 Å². The predicted octanol–water partition coefficient (Wildman–Crippen LogP) is 1.29. The summed E-state index contributed by atoms with van der Waals surface area (Å²) in [6.07, 6.45) is 0. The van der Waals surface area contributed by atoms with Gasteiger partial charge in [-0.2, -0.15) is 4.98 Å². The lowest BCUT2D eigenvalue weighted by molar-refractivity contribution is 0.397. The molecule has 8 heteroatoms. The average Bonchev–Trinajstić information content (AvgIpc) is 2.44. The first kappa shape index (κ1) is 12.5. The number of aromatic nitrogens is 1. The maximum Gasteiger partial charge on any atom is 0.237 e. The van der Waals surface area contributed by atoms with Gasteiger partial charge in [0.1, 0.15) is 5.75 Å². The van der Waals surface area contributed by atoms with Crippen LogP contribution in [0.4, 0.5) is 5.13 Å². The zero-order chi connectivity index (χ0) is 11.6. The summed E-state index contributed by atoms with van der Waals surface area (Å²) in [4.78, 5) is 6.40. The van der Waals surface area contributed by atoms with Gasteiger partial charge in [-0.25, -0.2) is 8.42 Å². The van der Waals surface area contributed by atoms with Gasteiger partial charge in [-0.3, -0.25) is 0 Å². The Bertz CT molecular complexity index is 441. The van der Waals surface area contributed by atoms with E-state index in [1.807, 2.05) is 14.1 Å². The third-order valence-corrected chi connectivity index (χ3v) is 3.88. The van der Waals surface area contributed by atoms with Gasteiger partial charge >= 0.3 is 0 Å². The van der Waals surface area contributed by atoms with E-state index >= 15 is 0 Å². The molecule has 1 aromatic heterocycles. The van der Waals surface area contributed by atoms with Crippen molar-refractivity contribution in [3.63, 3.8) is 0 Å². The molecule has 1 heterocycles. The Balaban J connectivity index is 3.06. The van der Waals surface area contributed by atoms with Gasteiger partial charge < -0.3 is 9.64 Å². The molecular formula is C7H11ClN2O3S2. The van der Waals surface area contributed by atoms with Crippen LogP contribution in [-0.2, 0) is 14.8 Å². The SMILES string of the molecule is COc1nc(N(C)C)sc1CS(=O)(=O)Cl. The van der Waals surface area contributed by atoms with Crippen molar-refractivity contribution in [1.82, 2.24) is 4.98 Å². The molecule has 0 aromatic carbocycles. The molecule has 0 saturated heterocycles. The van der Waals surface area contributed by atoms with Crippen LogP contribution in [0.3, 0.4) is 0 Å². The van der Waals surface area contributed by atoms with Gasteiger partial charge in [0.15, 0.2) is 5.13 Å². The fourth-order valence-electron chi connectivity index (χ4n) is 0.924. The van der Waals surface area contributed by atoms with Crippen LogP contribution in [0.25, 0.3) is 0 Å². The van der Waals surface area contributed by atoms with Crippen molar-refractivity contribution >= 4 is 36.2 Å². The second kappa shape index (κ2) is 4.54. The first-order valence-corrected chi connectivity index (χ1v) is 7.26. The zero-order valence-corrected chi connectivity index (χ0v) is 10.9. The first-order valence-electron chi connectivity index (χ1n) is 3.97. The quantitative estimate of drug-likeness (QED) is 0.772. The Kier molecular flexibility index (Phi) is 3.80. The maximum absolute atomic E-state index is 10.9. The number of ether oxygens (including phenoxy) is 1. The Morgan fingerprint density at radius 1 is 1.53 bits per heavy atom. The third kappa shape index (κ3) is 3.51. The van der Waals surface area contributed by atoms with Crippen LogP contribution in [0.1, 0.15) is 4.88 Å². The van der Waals surface area contributed by atoms with Crippen LogP contribution in [-0.4, -0.2) is 34.6 Å². The standard InChI is InChI=1S/C7H11ClN2O3S2/c1-10(2)7-9-6(13-3)5(14-7)4-15(8,11)12/h4H2,1-3H3. The highest BCUT2D eigenvalue weighted by molar-refractivity contribution is 8.13. The zero-order valence-electron chi connectivity index (χ0n) is 8.52. The number of anilines is 1. The van der Waals surface area contributed by atoms with E-state index in [-0.39, 0.29) is 5.75 Å². The first-order chi connectivity index (χ1) is 6.83. The number of halogens is 1. The average molecular weight is 271 g/mol. The minimum absolute atomic E-state index is 0.261. The van der Waals surface area contributed by atoms with Crippen molar-refractivity contribution in [3.8, 4) is 5.88 Å². The molecule has 0 amide bonds. The normalized spacial score (nSPS) is 11.5. The van der Waals surface area contributed by atoms with E-state index in [2.05, 4.69) is 4.98 Å². The van der Waals surface area contributed by atoms with E-state index in [9.17, 15) is 8.42 Å². The third-order valence-electron chi connectivity index (χ3n) is 1.53. The number of thiazole rings is 1. The van der Waals surface area contributed by atoms with E-state index < -0.39 is 9.05 Å². The second-order valence-electron chi connectivity index (χ2n) is 3.01. The molecule has 0 aliphatic heterocycles. The number of rotatable bonds is 4. The smallest absolute Gasteiger partial charge is 0.237 e. The van der Waals surface area contributed by atoms with Crippen LogP contribution in [0.5, 0.6) is 5.88 Å². The number of hydrogen-bond acceptors (Lipinski definition) is 6. The van der Waals surface area contributed by atoms with Gasteiger partial charge in [0.25, 0.3) is 0 Å². The molecule has 1 aromatic rings. The number of hydrogen-bond donors (Lipinski definition) is 0. The molecule has 0 N–H and O–H groups in total. The van der Waals surface area contributed by atoms with Crippen molar-refractivity contribution in [2.24, 2.45) is 0 Å². The number of nitrogens with zero attached hydrogens (tertiary/aromatic N) is 2. The van der Waals surface area contributed by atoms with Gasteiger partial charge in [0, 0.05) is 24.8 Å². The van der Waals surface area contributed by atoms with Gasteiger partial charge in [0.05, 0.1) is 12.0 Å². The van der Waals surface area contributed by atoms with Gasteiger partial charge in [-0.1, -0.05) is 11.3 Å². The lowest BCUT2D eigenvalue weighted by Gasteiger charge is -2.04. The molecule has 0 radical (unpaired) electrons. The monoisotopic (exact) mass is 270 g/mol. The van der Waals surface area contributed by atoms with Crippen LogP contribution in [0.15, 0.2) is 0 Å². The molecule has 0 spiro atoms. The summed E-state index contributed by atoms with van der Waals surface area (Å²) in [5, 5.41) is 0.683. The molecule has 0 aliphatic rings.